The average molecular weight is 293 g/mol. The molecule has 0 saturated carbocycles. The average Bonchev–Trinajstić information content (AvgIpc) is 2.72. The number of aryl methyl sites for hydroxylation is 1. The van der Waals surface area contributed by atoms with Gasteiger partial charge < -0.3 is 20.3 Å². The van der Waals surface area contributed by atoms with E-state index in [1.807, 2.05) is 13.0 Å². The summed E-state index contributed by atoms with van der Waals surface area (Å²) in [6, 6.07) is 1.92. The molecule has 6 nitrogen and oxygen atoms in total. The lowest BCUT2D eigenvalue weighted by Gasteiger charge is -2.24. The summed E-state index contributed by atoms with van der Waals surface area (Å²) in [5.41, 5.74) is 5.73. The van der Waals surface area contributed by atoms with Crippen LogP contribution in [-0.4, -0.2) is 61.2 Å². The Morgan fingerprint density at radius 2 is 2.10 bits per heavy atom. The van der Waals surface area contributed by atoms with Crippen molar-refractivity contribution in [1.29, 1.82) is 0 Å². The van der Waals surface area contributed by atoms with Gasteiger partial charge in [-0.05, 0) is 32.4 Å². The Morgan fingerprint density at radius 1 is 1.29 bits per heavy atom. The molecular formula is C15H27N5O. The topological polar surface area (TPSA) is 67.5 Å². The van der Waals surface area contributed by atoms with Gasteiger partial charge in [-0.25, -0.2) is 4.98 Å². The minimum atomic E-state index is 0.554. The molecule has 118 valence electrons. The highest BCUT2D eigenvalue weighted by Gasteiger charge is 2.18. The molecule has 0 bridgehead atoms. The molecule has 0 aliphatic carbocycles. The van der Waals surface area contributed by atoms with E-state index in [1.165, 1.54) is 0 Å². The van der Waals surface area contributed by atoms with Crippen molar-refractivity contribution < 1.29 is 4.74 Å². The van der Waals surface area contributed by atoms with Crippen LogP contribution >= 0.6 is 0 Å². The molecule has 1 atom stereocenters. The van der Waals surface area contributed by atoms with E-state index in [2.05, 4.69) is 26.7 Å². The fourth-order valence-electron chi connectivity index (χ4n) is 2.69. The fourth-order valence-corrected chi connectivity index (χ4v) is 2.69. The van der Waals surface area contributed by atoms with Crippen LogP contribution in [0.1, 0.15) is 19.2 Å². The van der Waals surface area contributed by atoms with Crippen molar-refractivity contribution >= 4 is 5.82 Å². The Hall–Kier alpha value is -1.40. The van der Waals surface area contributed by atoms with Crippen LogP contribution < -0.4 is 15.4 Å². The molecule has 0 amide bonds. The molecule has 1 saturated heterocycles. The number of nitrogens with two attached hydrogens (primary N) is 1. The highest BCUT2D eigenvalue weighted by Crippen LogP contribution is 2.19. The zero-order valence-electron chi connectivity index (χ0n) is 13.4. The third kappa shape index (κ3) is 4.54. The lowest BCUT2D eigenvalue weighted by Crippen LogP contribution is -2.35. The van der Waals surface area contributed by atoms with Crippen LogP contribution in [0.3, 0.4) is 0 Å². The van der Waals surface area contributed by atoms with E-state index in [-0.39, 0.29) is 0 Å². The number of aromatic nitrogens is 2. The first-order chi connectivity index (χ1) is 10.1. The van der Waals surface area contributed by atoms with Crippen LogP contribution in [-0.2, 0) is 0 Å². The van der Waals surface area contributed by atoms with Gasteiger partial charge in [0.15, 0.2) is 0 Å². The van der Waals surface area contributed by atoms with Crippen molar-refractivity contribution in [2.24, 2.45) is 11.7 Å². The van der Waals surface area contributed by atoms with Crippen molar-refractivity contribution in [1.82, 2.24) is 14.9 Å². The van der Waals surface area contributed by atoms with Gasteiger partial charge in [-0.1, -0.05) is 6.92 Å². The molecule has 1 fully saturated rings. The normalized spacial score (nSPS) is 18.4. The lowest BCUT2D eigenvalue weighted by molar-refractivity contribution is 0.255. The molecule has 2 rings (SSSR count). The van der Waals surface area contributed by atoms with Crippen LogP contribution in [0.5, 0.6) is 5.88 Å². The van der Waals surface area contributed by atoms with Crippen molar-refractivity contribution in [3.8, 4) is 5.88 Å². The second-order valence-electron chi connectivity index (χ2n) is 5.80. The minimum Gasteiger partial charge on any atom is -0.481 e. The number of anilines is 1. The number of hydrogen-bond acceptors (Lipinski definition) is 6. The number of rotatable bonds is 5. The Kier molecular flexibility index (Phi) is 5.76. The van der Waals surface area contributed by atoms with E-state index in [1.54, 1.807) is 7.11 Å². The molecule has 21 heavy (non-hydrogen) atoms. The molecule has 1 aromatic heterocycles. The maximum atomic E-state index is 5.73. The maximum absolute atomic E-state index is 5.73. The van der Waals surface area contributed by atoms with Crippen LogP contribution in [0.25, 0.3) is 0 Å². The molecule has 1 unspecified atom stereocenters. The Bertz CT molecular complexity index is 454. The largest absolute Gasteiger partial charge is 0.481 e. The molecule has 2 N–H and O–H groups in total. The molecular weight excluding hydrogens is 266 g/mol. The number of ether oxygens (including phenoxy) is 1. The summed E-state index contributed by atoms with van der Waals surface area (Å²) in [6.07, 6.45) is 1.14. The summed E-state index contributed by atoms with van der Waals surface area (Å²) in [5, 5.41) is 0. The predicted molar refractivity (Wildman–Crippen MR) is 84.8 cm³/mol. The minimum absolute atomic E-state index is 0.554. The Balaban J connectivity index is 2.01. The quantitative estimate of drug-likeness (QED) is 0.870. The zero-order chi connectivity index (χ0) is 15.2. The van der Waals surface area contributed by atoms with E-state index in [0.717, 1.165) is 57.3 Å². The predicted octanol–water partition coefficient (Wildman–Crippen LogP) is 0.901. The van der Waals surface area contributed by atoms with Gasteiger partial charge in [0.05, 0.1) is 7.11 Å². The first kappa shape index (κ1) is 16.0. The summed E-state index contributed by atoms with van der Waals surface area (Å²) < 4.78 is 5.24. The molecule has 0 spiro atoms. The zero-order valence-corrected chi connectivity index (χ0v) is 13.4. The van der Waals surface area contributed by atoms with E-state index in [0.29, 0.717) is 11.8 Å². The molecule has 1 aromatic rings. The Labute approximate surface area is 127 Å². The first-order valence-corrected chi connectivity index (χ1v) is 7.69. The molecule has 1 aliphatic rings. The molecule has 2 heterocycles. The van der Waals surface area contributed by atoms with Crippen molar-refractivity contribution in [3.63, 3.8) is 0 Å². The standard InChI is InChI=1S/C15H27N5O/c1-12(10-16)11-19-5-4-6-20(8-7-19)14-9-15(21-3)18-13(2)17-14/h9,12H,4-8,10-11,16H2,1-3H3. The van der Waals surface area contributed by atoms with E-state index in [9.17, 15) is 0 Å². The second-order valence-corrected chi connectivity index (χ2v) is 5.80. The van der Waals surface area contributed by atoms with Gasteiger partial charge in [0.2, 0.25) is 5.88 Å². The van der Waals surface area contributed by atoms with E-state index >= 15 is 0 Å². The van der Waals surface area contributed by atoms with Gasteiger partial charge >= 0.3 is 0 Å². The van der Waals surface area contributed by atoms with Gasteiger partial charge in [0.1, 0.15) is 11.6 Å². The SMILES string of the molecule is COc1cc(N2CCCN(CC(C)CN)CC2)nc(C)n1. The first-order valence-electron chi connectivity index (χ1n) is 7.69. The van der Waals surface area contributed by atoms with Gasteiger partial charge in [-0.15, -0.1) is 0 Å². The van der Waals surface area contributed by atoms with Gasteiger partial charge in [-0.3, -0.25) is 0 Å². The summed E-state index contributed by atoms with van der Waals surface area (Å²) in [7, 11) is 1.64. The van der Waals surface area contributed by atoms with Crippen LogP contribution in [0, 0.1) is 12.8 Å². The summed E-state index contributed by atoms with van der Waals surface area (Å²) in [5.74, 6) is 2.91. The van der Waals surface area contributed by atoms with Gasteiger partial charge in [0.25, 0.3) is 0 Å². The van der Waals surface area contributed by atoms with Crippen LogP contribution in [0.4, 0.5) is 5.82 Å². The maximum Gasteiger partial charge on any atom is 0.218 e. The highest BCUT2D eigenvalue weighted by molar-refractivity contribution is 5.42. The van der Waals surface area contributed by atoms with Gasteiger partial charge in [0, 0.05) is 32.2 Å². The molecule has 1 aliphatic heterocycles. The van der Waals surface area contributed by atoms with Crippen LogP contribution in [0.15, 0.2) is 6.07 Å². The third-order valence-corrected chi connectivity index (χ3v) is 3.89. The van der Waals surface area contributed by atoms with Crippen molar-refractivity contribution in [2.45, 2.75) is 20.3 Å². The smallest absolute Gasteiger partial charge is 0.218 e. The Morgan fingerprint density at radius 3 is 2.81 bits per heavy atom. The molecule has 0 radical (unpaired) electrons. The van der Waals surface area contributed by atoms with Crippen LogP contribution in [0.2, 0.25) is 0 Å². The van der Waals surface area contributed by atoms with E-state index < -0.39 is 0 Å². The monoisotopic (exact) mass is 293 g/mol. The van der Waals surface area contributed by atoms with E-state index in [4.69, 9.17) is 10.5 Å². The summed E-state index contributed by atoms with van der Waals surface area (Å²) in [6.45, 7) is 10.1. The van der Waals surface area contributed by atoms with Crippen molar-refractivity contribution in [3.05, 3.63) is 11.9 Å². The number of nitrogens with zero attached hydrogens (tertiary/aromatic N) is 4. The highest BCUT2D eigenvalue weighted by atomic mass is 16.5. The second kappa shape index (κ2) is 7.56. The number of methoxy groups -OCH3 is 1. The fraction of sp³-hybridized carbons (Fsp3) is 0.733. The molecule has 6 heteroatoms. The van der Waals surface area contributed by atoms with Crippen molar-refractivity contribution in [2.75, 3.05) is 51.3 Å². The van der Waals surface area contributed by atoms with Gasteiger partial charge in [-0.2, -0.15) is 4.98 Å². The summed E-state index contributed by atoms with van der Waals surface area (Å²) in [4.78, 5) is 13.6. The molecule has 0 aromatic carbocycles. The summed E-state index contributed by atoms with van der Waals surface area (Å²) >= 11 is 0. The number of hydrogen-bond donors (Lipinski definition) is 1. The third-order valence-electron chi connectivity index (χ3n) is 3.89. The lowest BCUT2D eigenvalue weighted by atomic mass is 10.1.